The average molecular weight is 728 g/mol. The minimum atomic E-state index is -5.19. The lowest BCUT2D eigenvalue weighted by Gasteiger charge is -2.31. The topological polar surface area (TPSA) is 146 Å². The van der Waals surface area contributed by atoms with Crippen LogP contribution in [0.1, 0.15) is 43.8 Å². The standard InChI is InChI=1S/C31H31F6N7O5S/c1-5-7-25-39-16(3)26-29(46)40-28(41-44(25)26)20-14-19(9-11-24(20)49-6-2)50(47,48)42-17-12-23(27(45)31(35,36)37)43(15-17)18-8-10-22(38-4)21(13-18)30(32,33)34/h8-11,13-14,17,23,27,42,45H,5-7,12,15H2,1-3H3,(H,40,41,46)/t17?,23-,27?/m1/s1. The van der Waals surface area contributed by atoms with Gasteiger partial charge in [-0.05, 0) is 57.0 Å². The van der Waals surface area contributed by atoms with Crippen LogP contribution in [0.25, 0.3) is 21.7 Å². The van der Waals surface area contributed by atoms with Crippen LogP contribution in [0.2, 0.25) is 0 Å². The summed E-state index contributed by atoms with van der Waals surface area (Å²) >= 11 is 0. The van der Waals surface area contributed by atoms with Crippen molar-refractivity contribution in [2.45, 2.75) is 75.5 Å². The van der Waals surface area contributed by atoms with Gasteiger partial charge in [-0.15, -0.1) is 5.10 Å². The first-order valence-electron chi connectivity index (χ1n) is 15.3. The van der Waals surface area contributed by atoms with Crippen molar-refractivity contribution in [2.24, 2.45) is 0 Å². The van der Waals surface area contributed by atoms with Gasteiger partial charge >= 0.3 is 12.4 Å². The first-order valence-corrected chi connectivity index (χ1v) is 16.8. The number of imidazole rings is 1. The molecule has 2 aromatic carbocycles. The molecule has 0 saturated carbocycles. The molecule has 19 heteroatoms. The Bertz CT molecular complexity index is 2130. The molecule has 2 aromatic heterocycles. The smallest absolute Gasteiger partial charge is 0.416 e. The lowest BCUT2D eigenvalue weighted by molar-refractivity contribution is -0.209. The summed E-state index contributed by atoms with van der Waals surface area (Å²) in [5, 5.41) is 14.7. The Morgan fingerprint density at radius 2 is 1.88 bits per heavy atom. The molecule has 0 radical (unpaired) electrons. The van der Waals surface area contributed by atoms with Crippen molar-refractivity contribution in [3.8, 4) is 17.1 Å². The predicted molar refractivity (Wildman–Crippen MR) is 169 cm³/mol. The second-order valence-electron chi connectivity index (χ2n) is 11.6. The summed E-state index contributed by atoms with van der Waals surface area (Å²) in [5.41, 5.74) is -2.41. The molecule has 3 N–H and O–H groups in total. The molecule has 2 unspecified atom stereocenters. The highest BCUT2D eigenvalue weighted by molar-refractivity contribution is 7.89. The van der Waals surface area contributed by atoms with Gasteiger partial charge in [0, 0.05) is 24.7 Å². The van der Waals surface area contributed by atoms with Crippen LogP contribution in [0, 0.1) is 13.5 Å². The summed E-state index contributed by atoms with van der Waals surface area (Å²) in [5.74, 6) is 0.608. The van der Waals surface area contributed by atoms with Gasteiger partial charge in [0.1, 0.15) is 11.6 Å². The molecule has 4 aromatic rings. The van der Waals surface area contributed by atoms with Gasteiger partial charge in [0.2, 0.25) is 10.0 Å². The molecule has 3 atom stereocenters. The number of nitrogens with zero attached hydrogens (tertiary/aromatic N) is 5. The van der Waals surface area contributed by atoms with Crippen molar-refractivity contribution in [1.82, 2.24) is 24.3 Å². The molecule has 0 bridgehead atoms. The summed E-state index contributed by atoms with van der Waals surface area (Å²) in [7, 11) is -4.56. The number of aryl methyl sites for hydroxylation is 2. The number of H-pyrrole nitrogens is 1. The first-order chi connectivity index (χ1) is 23.4. The molecule has 1 aliphatic rings. The monoisotopic (exact) mass is 727 g/mol. The highest BCUT2D eigenvalue weighted by atomic mass is 32.2. The molecule has 12 nitrogen and oxygen atoms in total. The summed E-state index contributed by atoms with van der Waals surface area (Å²) in [4.78, 5) is 23.4. The fourth-order valence-corrected chi connectivity index (χ4v) is 7.23. The number of fused-ring (bicyclic) bond motifs is 1. The van der Waals surface area contributed by atoms with Gasteiger partial charge in [0.15, 0.2) is 23.1 Å². The number of rotatable bonds is 10. The summed E-state index contributed by atoms with van der Waals surface area (Å²) in [6.45, 7) is 11.9. The molecule has 0 aliphatic carbocycles. The van der Waals surface area contributed by atoms with E-state index in [0.29, 0.717) is 30.4 Å². The maximum absolute atomic E-state index is 13.7. The summed E-state index contributed by atoms with van der Waals surface area (Å²) in [6, 6.07) is 2.76. The molecular formula is C31H31F6N7O5S. The predicted octanol–water partition coefficient (Wildman–Crippen LogP) is 5.16. The molecule has 1 saturated heterocycles. The van der Waals surface area contributed by atoms with Gasteiger partial charge in [-0.2, -0.15) is 26.3 Å². The number of sulfonamides is 1. The van der Waals surface area contributed by atoms with E-state index >= 15 is 0 Å². The van der Waals surface area contributed by atoms with Crippen molar-refractivity contribution in [3.05, 3.63) is 75.3 Å². The van der Waals surface area contributed by atoms with Crippen LogP contribution in [0.5, 0.6) is 5.75 Å². The molecule has 0 spiro atoms. The Hall–Kier alpha value is -4.67. The number of benzene rings is 2. The van der Waals surface area contributed by atoms with E-state index in [1.54, 1.807) is 13.8 Å². The third kappa shape index (κ3) is 7.13. The lowest BCUT2D eigenvalue weighted by atomic mass is 10.1. The number of aromatic nitrogens is 4. The third-order valence-corrected chi connectivity index (χ3v) is 9.65. The first kappa shape index (κ1) is 36.6. The Kier molecular flexibility index (Phi) is 9.93. The van der Waals surface area contributed by atoms with Crippen LogP contribution in [-0.2, 0) is 22.6 Å². The number of hydrogen-bond acceptors (Lipinski definition) is 8. The van der Waals surface area contributed by atoms with Crippen LogP contribution in [-0.4, -0.2) is 70.6 Å². The molecular weight excluding hydrogens is 696 g/mol. The van der Waals surface area contributed by atoms with E-state index in [4.69, 9.17) is 11.3 Å². The highest BCUT2D eigenvalue weighted by Crippen LogP contribution is 2.41. The lowest BCUT2D eigenvalue weighted by Crippen LogP contribution is -2.47. The van der Waals surface area contributed by atoms with Crippen LogP contribution >= 0.6 is 0 Å². The molecule has 50 heavy (non-hydrogen) atoms. The maximum Gasteiger partial charge on any atom is 0.416 e. The molecule has 1 fully saturated rings. The number of halogens is 6. The van der Waals surface area contributed by atoms with E-state index in [0.717, 1.165) is 23.1 Å². The van der Waals surface area contributed by atoms with Crippen molar-refractivity contribution in [3.63, 3.8) is 0 Å². The molecule has 0 amide bonds. The summed E-state index contributed by atoms with van der Waals surface area (Å²) in [6.07, 6.45) is -12.7. The molecule has 3 heterocycles. The van der Waals surface area contributed by atoms with E-state index in [1.807, 2.05) is 6.92 Å². The number of nitrogens with one attached hydrogen (secondary N) is 2. The number of aliphatic hydroxyl groups excluding tert-OH is 1. The zero-order valence-corrected chi connectivity index (χ0v) is 27.5. The SMILES string of the molecule is [C-]#[N+]c1ccc(N2CC(NS(=O)(=O)c3ccc(OCC)c(-c4nn5c(CCC)nc(C)c5c(=O)[nH]4)c3)C[C@@H]2C(O)C(F)(F)F)cc1C(F)(F)F. The zero-order valence-electron chi connectivity index (χ0n) is 26.7. The van der Waals surface area contributed by atoms with E-state index in [-0.39, 0.29) is 34.2 Å². The fourth-order valence-electron chi connectivity index (χ4n) is 5.97. The third-order valence-electron chi connectivity index (χ3n) is 8.14. The maximum atomic E-state index is 13.7. The van der Waals surface area contributed by atoms with Crippen LogP contribution in [0.3, 0.4) is 0 Å². The van der Waals surface area contributed by atoms with Crippen molar-refractivity contribution in [2.75, 3.05) is 18.1 Å². The normalized spacial score (nSPS) is 17.7. The van der Waals surface area contributed by atoms with Gasteiger partial charge in [0.05, 0.1) is 40.9 Å². The average Bonchev–Trinajstić information content (AvgIpc) is 3.59. The van der Waals surface area contributed by atoms with Gasteiger partial charge < -0.3 is 19.7 Å². The largest absolute Gasteiger partial charge is 0.493 e. The molecule has 268 valence electrons. The Balaban J connectivity index is 1.53. The van der Waals surface area contributed by atoms with Gasteiger partial charge in [-0.3, -0.25) is 4.79 Å². The fraction of sp³-hybridized carbons (Fsp3) is 0.419. The van der Waals surface area contributed by atoms with Gasteiger partial charge in [-0.1, -0.05) is 13.0 Å². The number of ether oxygens (including phenoxy) is 1. The minimum Gasteiger partial charge on any atom is -0.493 e. The quantitative estimate of drug-likeness (QED) is 0.150. The van der Waals surface area contributed by atoms with Gasteiger partial charge in [-0.25, -0.2) is 27.5 Å². The second-order valence-corrected chi connectivity index (χ2v) is 13.3. The number of anilines is 1. The van der Waals surface area contributed by atoms with Crippen molar-refractivity contribution < 1.29 is 44.6 Å². The second kappa shape index (κ2) is 13.6. The Morgan fingerprint density at radius 3 is 2.50 bits per heavy atom. The van der Waals surface area contributed by atoms with Gasteiger partial charge in [0.25, 0.3) is 5.56 Å². The number of hydrogen-bond donors (Lipinski definition) is 3. The molecule has 5 rings (SSSR count). The summed E-state index contributed by atoms with van der Waals surface area (Å²) < 4.78 is 119. The van der Waals surface area contributed by atoms with E-state index in [2.05, 4.69) is 24.6 Å². The zero-order chi connectivity index (χ0) is 36.8. The van der Waals surface area contributed by atoms with Crippen molar-refractivity contribution >= 4 is 26.9 Å². The van der Waals surface area contributed by atoms with Crippen LogP contribution in [0.4, 0.5) is 37.7 Å². The van der Waals surface area contributed by atoms with Crippen LogP contribution in [0.15, 0.2) is 46.1 Å². The minimum absolute atomic E-state index is 0.0542. The number of aliphatic hydroxyl groups is 1. The molecule has 1 aliphatic heterocycles. The van der Waals surface area contributed by atoms with E-state index in [9.17, 15) is 44.7 Å². The van der Waals surface area contributed by atoms with Crippen LogP contribution < -0.4 is 19.9 Å². The van der Waals surface area contributed by atoms with E-state index in [1.165, 1.54) is 16.6 Å². The van der Waals surface area contributed by atoms with E-state index < -0.39 is 76.0 Å². The number of alkyl halides is 6. The number of aromatic amines is 1. The Labute approximate surface area is 281 Å². The Morgan fingerprint density at radius 1 is 1.16 bits per heavy atom. The highest BCUT2D eigenvalue weighted by Gasteiger charge is 2.50. The van der Waals surface area contributed by atoms with Crippen molar-refractivity contribution in [1.29, 1.82) is 0 Å².